The summed E-state index contributed by atoms with van der Waals surface area (Å²) in [6.07, 6.45) is 10.9. The number of rotatable bonds is 3. The molecular formula is C14H22O3. The molecule has 0 aromatic carbocycles. The Morgan fingerprint density at radius 3 is 2.88 bits per heavy atom. The van der Waals surface area contributed by atoms with Gasteiger partial charge in [0.05, 0.1) is 18.8 Å². The lowest BCUT2D eigenvalue weighted by molar-refractivity contribution is -0.137. The number of hydrogen-bond donors (Lipinski definition) is 0. The van der Waals surface area contributed by atoms with E-state index < -0.39 is 0 Å². The largest absolute Gasteiger partial charge is 0.463 e. The topological polar surface area (TPSA) is 35.5 Å². The van der Waals surface area contributed by atoms with E-state index in [1.165, 1.54) is 32.1 Å². The Hall–Kier alpha value is -0.830. The summed E-state index contributed by atoms with van der Waals surface area (Å²) in [7, 11) is 0. The van der Waals surface area contributed by atoms with Crippen molar-refractivity contribution in [3.63, 3.8) is 0 Å². The van der Waals surface area contributed by atoms with E-state index in [1.54, 1.807) is 6.08 Å². The van der Waals surface area contributed by atoms with Gasteiger partial charge in [0, 0.05) is 12.0 Å². The summed E-state index contributed by atoms with van der Waals surface area (Å²) in [5.74, 6) is 0.148. The second kappa shape index (κ2) is 5.67. The molecule has 2 aliphatic rings. The van der Waals surface area contributed by atoms with Crippen molar-refractivity contribution in [2.45, 2.75) is 51.0 Å². The van der Waals surface area contributed by atoms with Crippen LogP contribution in [-0.4, -0.2) is 24.8 Å². The summed E-state index contributed by atoms with van der Waals surface area (Å²) in [4.78, 5) is 11.2. The molecule has 96 valence electrons. The van der Waals surface area contributed by atoms with Gasteiger partial charge >= 0.3 is 5.97 Å². The zero-order valence-corrected chi connectivity index (χ0v) is 10.6. The lowest BCUT2D eigenvalue weighted by Crippen LogP contribution is -2.30. The highest BCUT2D eigenvalue weighted by atomic mass is 16.5. The molecule has 0 amide bonds. The third-order valence-corrected chi connectivity index (χ3v) is 3.79. The molecule has 1 spiro atoms. The molecule has 0 bridgehead atoms. The maximum Gasteiger partial charge on any atom is 0.330 e. The first kappa shape index (κ1) is 12.6. The second-order valence-corrected chi connectivity index (χ2v) is 5.13. The van der Waals surface area contributed by atoms with Crippen molar-refractivity contribution in [3.05, 3.63) is 12.2 Å². The molecule has 2 fully saturated rings. The fourth-order valence-corrected chi connectivity index (χ4v) is 2.95. The Morgan fingerprint density at radius 2 is 2.18 bits per heavy atom. The number of esters is 1. The van der Waals surface area contributed by atoms with Gasteiger partial charge in [0.2, 0.25) is 0 Å². The standard InChI is InChI=1S/C14H22O3/c1-2-16-13(15)7-6-12-10-14(17-11-12)8-4-3-5-9-14/h6-7,12H,2-5,8-11H2,1H3/b7-6+. The number of carbonyl (C=O) groups is 1. The van der Waals surface area contributed by atoms with Gasteiger partial charge in [-0.1, -0.05) is 25.3 Å². The van der Waals surface area contributed by atoms with Crippen molar-refractivity contribution >= 4 is 5.97 Å². The average molecular weight is 238 g/mol. The summed E-state index contributed by atoms with van der Waals surface area (Å²) < 4.78 is 10.9. The van der Waals surface area contributed by atoms with Gasteiger partial charge in [-0.15, -0.1) is 0 Å². The Balaban J connectivity index is 1.83. The van der Waals surface area contributed by atoms with E-state index >= 15 is 0 Å². The van der Waals surface area contributed by atoms with Crippen LogP contribution in [0.1, 0.15) is 45.4 Å². The van der Waals surface area contributed by atoms with Crippen LogP contribution in [0.4, 0.5) is 0 Å². The first-order valence-corrected chi connectivity index (χ1v) is 6.73. The average Bonchev–Trinajstić information content (AvgIpc) is 2.71. The van der Waals surface area contributed by atoms with Crippen LogP contribution in [0.5, 0.6) is 0 Å². The molecule has 1 unspecified atom stereocenters. The SMILES string of the molecule is CCOC(=O)/C=C/C1COC2(CCCCC2)C1. The van der Waals surface area contributed by atoms with Gasteiger partial charge in [0.25, 0.3) is 0 Å². The van der Waals surface area contributed by atoms with Gasteiger partial charge in [-0.05, 0) is 26.2 Å². The molecule has 1 saturated carbocycles. The van der Waals surface area contributed by atoms with Gasteiger partial charge in [0.15, 0.2) is 0 Å². The first-order chi connectivity index (χ1) is 8.24. The van der Waals surface area contributed by atoms with E-state index in [-0.39, 0.29) is 11.6 Å². The number of ether oxygens (including phenoxy) is 2. The number of carbonyl (C=O) groups excluding carboxylic acids is 1. The smallest absolute Gasteiger partial charge is 0.330 e. The maximum absolute atomic E-state index is 11.2. The molecule has 1 aliphatic carbocycles. The van der Waals surface area contributed by atoms with Crippen LogP contribution in [0.15, 0.2) is 12.2 Å². The van der Waals surface area contributed by atoms with Gasteiger partial charge in [-0.25, -0.2) is 4.79 Å². The summed E-state index contributed by atoms with van der Waals surface area (Å²) in [5.41, 5.74) is 0.127. The summed E-state index contributed by atoms with van der Waals surface area (Å²) in [6.45, 7) is 3.02. The van der Waals surface area contributed by atoms with Crippen LogP contribution in [0.3, 0.4) is 0 Å². The van der Waals surface area contributed by atoms with Crippen LogP contribution < -0.4 is 0 Å². The minimum Gasteiger partial charge on any atom is -0.463 e. The maximum atomic E-state index is 11.2. The highest BCUT2D eigenvalue weighted by Crippen LogP contribution is 2.41. The van der Waals surface area contributed by atoms with Crippen molar-refractivity contribution in [3.8, 4) is 0 Å². The normalized spacial score (nSPS) is 27.7. The zero-order valence-electron chi connectivity index (χ0n) is 10.6. The molecule has 0 aromatic rings. The van der Waals surface area contributed by atoms with E-state index in [4.69, 9.17) is 9.47 Å². The number of hydrogen-bond acceptors (Lipinski definition) is 3. The zero-order chi connectivity index (χ0) is 12.1. The monoisotopic (exact) mass is 238 g/mol. The predicted octanol–water partition coefficient (Wildman–Crippen LogP) is 2.85. The van der Waals surface area contributed by atoms with E-state index in [0.29, 0.717) is 12.5 Å². The summed E-state index contributed by atoms with van der Waals surface area (Å²) >= 11 is 0. The quantitative estimate of drug-likeness (QED) is 0.560. The molecule has 1 heterocycles. The molecule has 1 aliphatic heterocycles. The summed E-state index contributed by atoms with van der Waals surface area (Å²) in [5, 5.41) is 0. The van der Waals surface area contributed by atoms with Crippen molar-refractivity contribution in [1.29, 1.82) is 0 Å². The third-order valence-electron chi connectivity index (χ3n) is 3.79. The molecule has 3 heteroatoms. The Morgan fingerprint density at radius 1 is 1.41 bits per heavy atom. The van der Waals surface area contributed by atoms with Gasteiger partial charge in [-0.2, -0.15) is 0 Å². The second-order valence-electron chi connectivity index (χ2n) is 5.13. The molecule has 17 heavy (non-hydrogen) atoms. The van der Waals surface area contributed by atoms with Crippen LogP contribution in [0.2, 0.25) is 0 Å². The van der Waals surface area contributed by atoms with Crippen molar-refractivity contribution in [1.82, 2.24) is 0 Å². The predicted molar refractivity (Wildman–Crippen MR) is 65.6 cm³/mol. The summed E-state index contributed by atoms with van der Waals surface area (Å²) in [6, 6.07) is 0. The molecular weight excluding hydrogens is 216 g/mol. The minimum atomic E-state index is -0.239. The molecule has 1 atom stereocenters. The lowest BCUT2D eigenvalue weighted by atomic mass is 9.81. The Labute approximate surface area is 103 Å². The van der Waals surface area contributed by atoms with E-state index in [9.17, 15) is 4.79 Å². The molecule has 0 N–H and O–H groups in total. The molecule has 2 rings (SSSR count). The first-order valence-electron chi connectivity index (χ1n) is 6.73. The molecule has 0 radical (unpaired) electrons. The van der Waals surface area contributed by atoms with E-state index in [2.05, 4.69) is 0 Å². The fraction of sp³-hybridized carbons (Fsp3) is 0.786. The van der Waals surface area contributed by atoms with Gasteiger partial charge in [0.1, 0.15) is 0 Å². The van der Waals surface area contributed by atoms with Crippen LogP contribution in [-0.2, 0) is 14.3 Å². The third kappa shape index (κ3) is 3.32. The van der Waals surface area contributed by atoms with E-state index in [0.717, 1.165) is 13.0 Å². The Bertz CT molecular complexity index is 290. The fourth-order valence-electron chi connectivity index (χ4n) is 2.95. The molecule has 3 nitrogen and oxygen atoms in total. The van der Waals surface area contributed by atoms with Gasteiger partial charge in [-0.3, -0.25) is 0 Å². The highest BCUT2D eigenvalue weighted by molar-refractivity contribution is 5.81. The van der Waals surface area contributed by atoms with Crippen LogP contribution >= 0.6 is 0 Å². The van der Waals surface area contributed by atoms with Gasteiger partial charge < -0.3 is 9.47 Å². The molecule has 0 aromatic heterocycles. The minimum absolute atomic E-state index is 0.127. The highest BCUT2D eigenvalue weighted by Gasteiger charge is 2.40. The van der Waals surface area contributed by atoms with Crippen molar-refractivity contribution in [2.75, 3.05) is 13.2 Å². The Kier molecular flexibility index (Phi) is 4.21. The van der Waals surface area contributed by atoms with Crippen molar-refractivity contribution < 1.29 is 14.3 Å². The van der Waals surface area contributed by atoms with E-state index in [1.807, 2.05) is 13.0 Å². The van der Waals surface area contributed by atoms with Crippen LogP contribution in [0.25, 0.3) is 0 Å². The molecule has 1 saturated heterocycles. The van der Waals surface area contributed by atoms with Crippen molar-refractivity contribution in [2.24, 2.45) is 5.92 Å². The lowest BCUT2D eigenvalue weighted by Gasteiger charge is -2.32. The van der Waals surface area contributed by atoms with Crippen LogP contribution in [0, 0.1) is 5.92 Å².